The van der Waals surface area contributed by atoms with Gasteiger partial charge in [0.25, 0.3) is 11.7 Å². The minimum absolute atomic E-state index is 0.0178. The standard InChI is InChI=1S/C26H23ClN2O4/c1-28(2)19-10-12-20(13-11-19)29-23(16-6-14-21(33-3)15-7-16)22(25(31)26(29)32)24(30)17-4-8-18(27)9-5-17/h4-15,23,30H,1-3H3/b24-22+. The van der Waals surface area contributed by atoms with Gasteiger partial charge in [-0.2, -0.15) is 0 Å². The van der Waals surface area contributed by atoms with Gasteiger partial charge in [-0.3, -0.25) is 14.5 Å². The summed E-state index contributed by atoms with van der Waals surface area (Å²) in [6.45, 7) is 0. The molecule has 3 aromatic carbocycles. The number of methoxy groups -OCH3 is 1. The molecule has 1 unspecified atom stereocenters. The highest BCUT2D eigenvalue weighted by atomic mass is 35.5. The molecule has 0 bridgehead atoms. The fourth-order valence-corrected chi connectivity index (χ4v) is 4.00. The Balaban J connectivity index is 1.89. The third-order valence-electron chi connectivity index (χ3n) is 5.64. The Bertz CT molecular complexity index is 1220. The topological polar surface area (TPSA) is 70.1 Å². The number of hydrogen-bond donors (Lipinski definition) is 1. The molecule has 0 aromatic heterocycles. The first-order chi connectivity index (χ1) is 15.8. The Hall–Kier alpha value is -3.77. The van der Waals surface area contributed by atoms with Crippen LogP contribution in [0.25, 0.3) is 5.76 Å². The number of carbonyl (C=O) groups is 2. The second-order valence-electron chi connectivity index (χ2n) is 7.86. The summed E-state index contributed by atoms with van der Waals surface area (Å²) in [6, 6.07) is 20.1. The van der Waals surface area contributed by atoms with Crippen LogP contribution in [-0.2, 0) is 9.59 Å². The number of rotatable bonds is 5. The maximum absolute atomic E-state index is 13.2. The zero-order chi connectivity index (χ0) is 23.7. The van der Waals surface area contributed by atoms with Crippen molar-refractivity contribution in [2.45, 2.75) is 6.04 Å². The number of Topliss-reactive ketones (excluding diaryl/α,β-unsaturated/α-hetero) is 1. The Morgan fingerprint density at radius 1 is 0.939 bits per heavy atom. The molecule has 0 saturated carbocycles. The van der Waals surface area contributed by atoms with Gasteiger partial charge in [-0.1, -0.05) is 23.7 Å². The number of anilines is 2. The van der Waals surface area contributed by atoms with E-state index >= 15 is 0 Å². The van der Waals surface area contributed by atoms with Crippen LogP contribution in [0.1, 0.15) is 17.2 Å². The van der Waals surface area contributed by atoms with E-state index in [2.05, 4.69) is 0 Å². The molecule has 168 valence electrons. The number of ether oxygens (including phenoxy) is 1. The lowest BCUT2D eigenvalue weighted by Gasteiger charge is -2.26. The highest BCUT2D eigenvalue weighted by Gasteiger charge is 2.47. The van der Waals surface area contributed by atoms with Crippen LogP contribution in [-0.4, -0.2) is 38.0 Å². The van der Waals surface area contributed by atoms with E-state index in [4.69, 9.17) is 16.3 Å². The quantitative estimate of drug-likeness (QED) is 0.327. The normalized spacial score (nSPS) is 17.3. The van der Waals surface area contributed by atoms with E-state index in [0.29, 0.717) is 27.6 Å². The van der Waals surface area contributed by atoms with Gasteiger partial charge in [0.1, 0.15) is 11.5 Å². The van der Waals surface area contributed by atoms with Crippen molar-refractivity contribution in [1.82, 2.24) is 0 Å². The molecule has 0 aliphatic carbocycles. The van der Waals surface area contributed by atoms with Crippen molar-refractivity contribution in [2.75, 3.05) is 31.0 Å². The number of carbonyl (C=O) groups excluding carboxylic acids is 2. The highest BCUT2D eigenvalue weighted by Crippen LogP contribution is 2.42. The predicted molar refractivity (Wildman–Crippen MR) is 130 cm³/mol. The molecule has 1 aliphatic rings. The molecule has 33 heavy (non-hydrogen) atoms. The molecule has 1 atom stereocenters. The molecule has 0 radical (unpaired) electrons. The van der Waals surface area contributed by atoms with Crippen LogP contribution in [0.4, 0.5) is 11.4 Å². The number of aliphatic hydroxyl groups excluding tert-OH is 1. The van der Waals surface area contributed by atoms with E-state index in [1.165, 1.54) is 4.90 Å². The van der Waals surface area contributed by atoms with E-state index in [9.17, 15) is 14.7 Å². The molecule has 6 nitrogen and oxygen atoms in total. The molecule has 1 heterocycles. The van der Waals surface area contributed by atoms with Crippen molar-refractivity contribution >= 4 is 40.4 Å². The Morgan fingerprint density at radius 2 is 1.55 bits per heavy atom. The summed E-state index contributed by atoms with van der Waals surface area (Å²) in [4.78, 5) is 29.8. The van der Waals surface area contributed by atoms with Crippen LogP contribution < -0.4 is 14.5 Å². The average molecular weight is 463 g/mol. The molecule has 7 heteroatoms. The lowest BCUT2D eigenvalue weighted by atomic mass is 9.95. The van der Waals surface area contributed by atoms with Gasteiger partial charge in [0.05, 0.1) is 18.7 Å². The fourth-order valence-electron chi connectivity index (χ4n) is 3.88. The SMILES string of the molecule is COc1ccc(C2/C(=C(\O)c3ccc(Cl)cc3)C(=O)C(=O)N2c2ccc(N(C)C)cc2)cc1. The van der Waals surface area contributed by atoms with E-state index in [0.717, 1.165) is 5.69 Å². The molecule has 3 aromatic rings. The zero-order valence-electron chi connectivity index (χ0n) is 18.4. The van der Waals surface area contributed by atoms with Crippen LogP contribution in [0.3, 0.4) is 0 Å². The van der Waals surface area contributed by atoms with Crippen LogP contribution >= 0.6 is 11.6 Å². The lowest BCUT2D eigenvalue weighted by molar-refractivity contribution is -0.132. The van der Waals surface area contributed by atoms with Crippen LogP contribution in [0.15, 0.2) is 78.4 Å². The molecule has 1 saturated heterocycles. The molecule has 1 amide bonds. The van der Waals surface area contributed by atoms with Crippen molar-refractivity contribution < 1.29 is 19.4 Å². The maximum Gasteiger partial charge on any atom is 0.300 e. The first-order valence-electron chi connectivity index (χ1n) is 10.3. The highest BCUT2D eigenvalue weighted by molar-refractivity contribution is 6.51. The van der Waals surface area contributed by atoms with E-state index in [1.54, 1.807) is 67.8 Å². The summed E-state index contributed by atoms with van der Waals surface area (Å²) in [7, 11) is 5.41. The Morgan fingerprint density at radius 3 is 2.09 bits per heavy atom. The summed E-state index contributed by atoms with van der Waals surface area (Å²) < 4.78 is 5.25. The van der Waals surface area contributed by atoms with Gasteiger partial charge in [-0.05, 0) is 66.2 Å². The molecule has 1 aliphatic heterocycles. The predicted octanol–water partition coefficient (Wildman–Crippen LogP) is 5.04. The largest absolute Gasteiger partial charge is 0.507 e. The minimum Gasteiger partial charge on any atom is -0.507 e. The van der Waals surface area contributed by atoms with Crippen molar-refractivity contribution in [3.63, 3.8) is 0 Å². The minimum atomic E-state index is -0.809. The average Bonchev–Trinajstić information content (AvgIpc) is 3.09. The van der Waals surface area contributed by atoms with E-state index < -0.39 is 17.7 Å². The zero-order valence-corrected chi connectivity index (χ0v) is 19.2. The second-order valence-corrected chi connectivity index (χ2v) is 8.30. The second kappa shape index (κ2) is 9.00. The van der Waals surface area contributed by atoms with Crippen LogP contribution in [0.5, 0.6) is 5.75 Å². The first-order valence-corrected chi connectivity index (χ1v) is 10.7. The maximum atomic E-state index is 13.2. The smallest absolute Gasteiger partial charge is 0.300 e. The fraction of sp³-hybridized carbons (Fsp3) is 0.154. The number of halogens is 1. The van der Waals surface area contributed by atoms with Gasteiger partial charge in [-0.25, -0.2) is 0 Å². The van der Waals surface area contributed by atoms with Gasteiger partial charge < -0.3 is 14.7 Å². The van der Waals surface area contributed by atoms with Crippen molar-refractivity contribution in [2.24, 2.45) is 0 Å². The number of hydrogen-bond acceptors (Lipinski definition) is 5. The summed E-state index contributed by atoms with van der Waals surface area (Å²) in [5.41, 5.74) is 2.60. The number of nitrogens with zero attached hydrogens (tertiary/aromatic N) is 2. The van der Waals surface area contributed by atoms with Gasteiger partial charge in [-0.15, -0.1) is 0 Å². The third-order valence-corrected chi connectivity index (χ3v) is 5.89. The van der Waals surface area contributed by atoms with E-state index in [-0.39, 0.29) is 11.3 Å². The summed E-state index contributed by atoms with van der Waals surface area (Å²) >= 11 is 5.98. The summed E-state index contributed by atoms with van der Waals surface area (Å²) in [5, 5.41) is 11.6. The van der Waals surface area contributed by atoms with Crippen molar-refractivity contribution in [3.8, 4) is 5.75 Å². The number of benzene rings is 3. The molecule has 1 fully saturated rings. The molecule has 0 spiro atoms. The molecule has 1 N–H and O–H groups in total. The molecular weight excluding hydrogens is 440 g/mol. The molecular formula is C26H23ClN2O4. The van der Waals surface area contributed by atoms with Crippen LogP contribution in [0.2, 0.25) is 5.02 Å². The van der Waals surface area contributed by atoms with Crippen molar-refractivity contribution in [1.29, 1.82) is 0 Å². The summed E-state index contributed by atoms with van der Waals surface area (Å²) in [5.74, 6) is -1.06. The first kappa shape index (κ1) is 22.4. The Labute approximate surface area is 197 Å². The number of aliphatic hydroxyl groups is 1. The van der Waals surface area contributed by atoms with Gasteiger partial charge >= 0.3 is 0 Å². The Kier molecular flexibility index (Phi) is 6.11. The van der Waals surface area contributed by atoms with E-state index in [1.807, 2.05) is 31.1 Å². The number of ketones is 1. The van der Waals surface area contributed by atoms with Gasteiger partial charge in [0, 0.05) is 36.1 Å². The van der Waals surface area contributed by atoms with Gasteiger partial charge in [0.2, 0.25) is 0 Å². The lowest BCUT2D eigenvalue weighted by Crippen LogP contribution is -2.29. The number of amides is 1. The summed E-state index contributed by atoms with van der Waals surface area (Å²) in [6.07, 6.45) is 0. The molecule has 4 rings (SSSR count). The third kappa shape index (κ3) is 4.17. The monoisotopic (exact) mass is 462 g/mol. The van der Waals surface area contributed by atoms with Crippen LogP contribution in [0, 0.1) is 0 Å². The van der Waals surface area contributed by atoms with Crippen molar-refractivity contribution in [3.05, 3.63) is 94.5 Å². The van der Waals surface area contributed by atoms with Gasteiger partial charge in [0.15, 0.2) is 0 Å².